The zero-order valence-corrected chi connectivity index (χ0v) is 12.8. The van der Waals surface area contributed by atoms with Crippen LogP contribution in [0.1, 0.15) is 11.3 Å². The highest BCUT2D eigenvalue weighted by molar-refractivity contribution is 5.82. The minimum absolute atomic E-state index is 0.258. The van der Waals surface area contributed by atoms with Crippen molar-refractivity contribution in [2.24, 2.45) is 22.4 Å². The lowest BCUT2D eigenvalue weighted by Crippen LogP contribution is -2.58. The molecule has 0 amide bonds. The van der Waals surface area contributed by atoms with Crippen molar-refractivity contribution in [1.29, 1.82) is 0 Å². The standard InChI is InChI=1S/C18H20N4O/c19-18(20)9-11-22-17(23-13-14-6-2-1-3-7-14)16(18)12-15-8-4-5-10-21-15/h1-11,16H,12-13,19-20H2. The van der Waals surface area contributed by atoms with Gasteiger partial charge in [0.15, 0.2) is 5.90 Å². The Morgan fingerprint density at radius 1 is 1.04 bits per heavy atom. The molecule has 118 valence electrons. The maximum absolute atomic E-state index is 6.23. The number of hydrogen-bond donors (Lipinski definition) is 2. The van der Waals surface area contributed by atoms with Gasteiger partial charge in [0.25, 0.3) is 0 Å². The first-order valence-corrected chi connectivity index (χ1v) is 7.55. The van der Waals surface area contributed by atoms with Gasteiger partial charge < -0.3 is 16.2 Å². The Kier molecular flexibility index (Phi) is 4.50. The fourth-order valence-corrected chi connectivity index (χ4v) is 2.52. The van der Waals surface area contributed by atoms with Crippen LogP contribution in [0.25, 0.3) is 0 Å². The Morgan fingerprint density at radius 2 is 1.83 bits per heavy atom. The smallest absolute Gasteiger partial charge is 0.195 e. The molecule has 1 aromatic heterocycles. The van der Waals surface area contributed by atoms with E-state index in [4.69, 9.17) is 16.2 Å². The predicted octanol–water partition coefficient (Wildman–Crippen LogP) is 2.00. The Balaban J connectivity index is 1.76. The summed E-state index contributed by atoms with van der Waals surface area (Å²) in [5.41, 5.74) is 13.4. The lowest BCUT2D eigenvalue weighted by atomic mass is 9.87. The lowest BCUT2D eigenvalue weighted by Gasteiger charge is -2.33. The van der Waals surface area contributed by atoms with Gasteiger partial charge in [0.05, 0.1) is 11.6 Å². The number of ether oxygens (including phenoxy) is 1. The van der Waals surface area contributed by atoms with Crippen LogP contribution in [0.4, 0.5) is 0 Å². The highest BCUT2D eigenvalue weighted by Gasteiger charge is 2.36. The molecule has 2 heterocycles. The Bertz CT molecular complexity index is 695. The summed E-state index contributed by atoms with van der Waals surface area (Å²) >= 11 is 0. The molecule has 1 aliphatic rings. The van der Waals surface area contributed by atoms with Crippen molar-refractivity contribution in [2.45, 2.75) is 18.7 Å². The molecule has 3 rings (SSSR count). The third kappa shape index (κ3) is 3.83. The molecule has 1 aliphatic heterocycles. The second-order valence-electron chi connectivity index (χ2n) is 5.64. The third-order valence-corrected chi connectivity index (χ3v) is 3.84. The zero-order valence-electron chi connectivity index (χ0n) is 12.8. The van der Waals surface area contributed by atoms with E-state index in [0.717, 1.165) is 11.3 Å². The highest BCUT2D eigenvalue weighted by Crippen LogP contribution is 2.23. The quantitative estimate of drug-likeness (QED) is 0.846. The van der Waals surface area contributed by atoms with Crippen LogP contribution in [0.3, 0.4) is 0 Å². The zero-order chi connectivity index (χ0) is 16.1. The van der Waals surface area contributed by atoms with Gasteiger partial charge in [-0.3, -0.25) is 4.98 Å². The van der Waals surface area contributed by atoms with Gasteiger partial charge >= 0.3 is 0 Å². The van der Waals surface area contributed by atoms with Gasteiger partial charge in [0.1, 0.15) is 6.61 Å². The van der Waals surface area contributed by atoms with Gasteiger partial charge in [-0.25, -0.2) is 4.99 Å². The first kappa shape index (κ1) is 15.4. The molecule has 1 atom stereocenters. The van der Waals surface area contributed by atoms with Crippen molar-refractivity contribution in [2.75, 3.05) is 0 Å². The van der Waals surface area contributed by atoms with Gasteiger partial charge in [-0.1, -0.05) is 36.4 Å². The monoisotopic (exact) mass is 308 g/mol. The maximum atomic E-state index is 6.23. The third-order valence-electron chi connectivity index (χ3n) is 3.84. The van der Waals surface area contributed by atoms with Crippen LogP contribution in [0.2, 0.25) is 0 Å². The Morgan fingerprint density at radius 3 is 2.57 bits per heavy atom. The predicted molar refractivity (Wildman–Crippen MR) is 90.3 cm³/mol. The summed E-state index contributed by atoms with van der Waals surface area (Å²) in [5.74, 6) is 0.290. The fraction of sp³-hybridized carbons (Fsp3) is 0.222. The van der Waals surface area contributed by atoms with E-state index in [9.17, 15) is 0 Å². The number of aliphatic imine (C=N–C) groups is 1. The Labute approximate surface area is 135 Å². The Hall–Kier alpha value is -2.50. The summed E-state index contributed by atoms with van der Waals surface area (Å²) in [6.45, 7) is 0.433. The molecular formula is C18H20N4O. The van der Waals surface area contributed by atoms with Gasteiger partial charge in [-0.05, 0) is 23.8 Å². The van der Waals surface area contributed by atoms with Crippen molar-refractivity contribution >= 4 is 5.90 Å². The lowest BCUT2D eigenvalue weighted by molar-refractivity contribution is 0.243. The molecule has 0 saturated carbocycles. The summed E-state index contributed by atoms with van der Waals surface area (Å²) in [5, 5.41) is 0. The first-order chi connectivity index (χ1) is 11.1. The van der Waals surface area contributed by atoms with Gasteiger partial charge in [-0.2, -0.15) is 0 Å². The summed E-state index contributed by atoms with van der Waals surface area (Å²) < 4.78 is 5.90. The van der Waals surface area contributed by atoms with Crippen LogP contribution in [-0.4, -0.2) is 16.5 Å². The fourth-order valence-electron chi connectivity index (χ4n) is 2.52. The largest absolute Gasteiger partial charge is 0.476 e. The van der Waals surface area contributed by atoms with E-state index < -0.39 is 5.66 Å². The number of pyridine rings is 1. The van der Waals surface area contributed by atoms with Crippen molar-refractivity contribution in [3.63, 3.8) is 0 Å². The van der Waals surface area contributed by atoms with Crippen LogP contribution in [0, 0.1) is 5.92 Å². The second kappa shape index (κ2) is 6.73. The van der Waals surface area contributed by atoms with E-state index in [1.165, 1.54) is 0 Å². The minimum atomic E-state index is -1.01. The normalized spacial score (nSPS) is 19.2. The van der Waals surface area contributed by atoms with Gasteiger partial charge in [0.2, 0.25) is 0 Å². The van der Waals surface area contributed by atoms with E-state index in [1.54, 1.807) is 18.5 Å². The van der Waals surface area contributed by atoms with Crippen molar-refractivity contribution < 1.29 is 4.74 Å². The number of aromatic nitrogens is 1. The van der Waals surface area contributed by atoms with E-state index in [0.29, 0.717) is 18.9 Å². The SMILES string of the molecule is NC1(N)C=CN=C(OCc2ccccc2)C1Cc1ccccn1. The van der Waals surface area contributed by atoms with Crippen LogP contribution in [0.15, 0.2) is 72.0 Å². The second-order valence-corrected chi connectivity index (χ2v) is 5.64. The molecule has 2 aromatic rings. The topological polar surface area (TPSA) is 86.5 Å². The van der Waals surface area contributed by atoms with E-state index in [1.807, 2.05) is 48.5 Å². The van der Waals surface area contributed by atoms with Crippen molar-refractivity contribution in [3.05, 3.63) is 78.3 Å². The number of benzene rings is 1. The summed E-state index contributed by atoms with van der Waals surface area (Å²) in [4.78, 5) is 8.69. The molecule has 5 nitrogen and oxygen atoms in total. The minimum Gasteiger partial charge on any atom is -0.476 e. The molecule has 0 saturated heterocycles. The molecule has 0 aliphatic carbocycles. The molecule has 1 aromatic carbocycles. The number of nitrogens with zero attached hydrogens (tertiary/aromatic N) is 2. The van der Waals surface area contributed by atoms with Crippen molar-refractivity contribution in [3.8, 4) is 0 Å². The van der Waals surface area contributed by atoms with Crippen molar-refractivity contribution in [1.82, 2.24) is 4.98 Å². The first-order valence-electron chi connectivity index (χ1n) is 7.55. The molecule has 0 radical (unpaired) electrons. The van der Waals surface area contributed by atoms with E-state index in [2.05, 4.69) is 9.98 Å². The molecule has 0 fully saturated rings. The number of hydrogen-bond acceptors (Lipinski definition) is 5. The average molecular weight is 308 g/mol. The summed E-state index contributed by atoms with van der Waals surface area (Å²) in [6.07, 6.45) is 5.64. The van der Waals surface area contributed by atoms with Crippen LogP contribution in [0.5, 0.6) is 0 Å². The highest BCUT2D eigenvalue weighted by atomic mass is 16.5. The van der Waals surface area contributed by atoms with Crippen LogP contribution >= 0.6 is 0 Å². The van der Waals surface area contributed by atoms with Crippen LogP contribution < -0.4 is 11.5 Å². The van der Waals surface area contributed by atoms with E-state index in [-0.39, 0.29) is 5.92 Å². The maximum Gasteiger partial charge on any atom is 0.195 e. The molecular weight excluding hydrogens is 288 g/mol. The van der Waals surface area contributed by atoms with Gasteiger partial charge in [-0.15, -0.1) is 0 Å². The molecule has 0 spiro atoms. The van der Waals surface area contributed by atoms with E-state index >= 15 is 0 Å². The molecule has 1 unspecified atom stereocenters. The molecule has 5 heteroatoms. The molecule has 4 N–H and O–H groups in total. The average Bonchev–Trinajstić information content (AvgIpc) is 2.57. The van der Waals surface area contributed by atoms with Crippen LogP contribution in [-0.2, 0) is 17.8 Å². The number of rotatable bonds is 4. The summed E-state index contributed by atoms with van der Waals surface area (Å²) in [6, 6.07) is 15.7. The summed E-state index contributed by atoms with van der Waals surface area (Å²) in [7, 11) is 0. The van der Waals surface area contributed by atoms with Gasteiger partial charge in [0, 0.05) is 24.5 Å². The molecule has 0 bridgehead atoms. The molecule has 23 heavy (non-hydrogen) atoms. The number of nitrogens with two attached hydrogens (primary N) is 2.